The van der Waals surface area contributed by atoms with Gasteiger partial charge in [-0.2, -0.15) is 4.98 Å². The molecular weight excluding hydrogens is 584 g/mol. The zero-order valence-electron chi connectivity index (χ0n) is 28.2. The molecule has 2 aromatic heterocycles. The number of carbonyl (C=O) groups excluding carboxylic acids is 3. The topological polar surface area (TPSA) is 131 Å². The van der Waals surface area contributed by atoms with Gasteiger partial charge >= 0.3 is 5.76 Å². The highest BCUT2D eigenvalue weighted by Crippen LogP contribution is 2.35. The molecular formula is C35H42N6O5. The van der Waals surface area contributed by atoms with Gasteiger partial charge in [0.1, 0.15) is 11.3 Å². The second-order valence-electron chi connectivity index (χ2n) is 15.0. The Labute approximate surface area is 268 Å². The minimum Gasteiger partial charge on any atom is -0.407 e. The number of oxazole rings is 1. The Bertz CT molecular complexity index is 1930. The number of hydrogen-bond acceptors (Lipinski definition) is 8. The summed E-state index contributed by atoms with van der Waals surface area (Å²) in [6.45, 7) is 19.3. The van der Waals surface area contributed by atoms with E-state index in [1.165, 1.54) is 4.90 Å². The summed E-state index contributed by atoms with van der Waals surface area (Å²) in [5.74, 6) is -0.740. The molecule has 2 amide bonds. The number of carbonyl (C=O) groups is 3. The number of hydrogen-bond donors (Lipinski definition) is 1. The molecule has 3 heterocycles. The molecule has 1 aliphatic rings. The zero-order valence-corrected chi connectivity index (χ0v) is 28.2. The molecule has 0 spiro atoms. The van der Waals surface area contributed by atoms with Crippen molar-refractivity contribution in [2.45, 2.75) is 82.3 Å². The van der Waals surface area contributed by atoms with Crippen molar-refractivity contribution in [3.63, 3.8) is 0 Å². The fraction of sp³-hybridized carbons (Fsp3) is 0.429. The van der Waals surface area contributed by atoms with Gasteiger partial charge in [-0.25, -0.2) is 14.3 Å². The summed E-state index contributed by atoms with van der Waals surface area (Å²) in [5.41, 5.74) is 2.31. The molecule has 2 aromatic carbocycles. The van der Waals surface area contributed by atoms with Gasteiger partial charge in [-0.3, -0.25) is 19.3 Å². The fourth-order valence-corrected chi connectivity index (χ4v) is 5.28. The lowest BCUT2D eigenvalue weighted by atomic mass is 9.94. The molecule has 0 saturated carbocycles. The van der Waals surface area contributed by atoms with E-state index >= 15 is 0 Å². The van der Waals surface area contributed by atoms with Crippen LogP contribution in [0.1, 0.15) is 83.8 Å². The monoisotopic (exact) mass is 626 g/mol. The Kier molecular flexibility index (Phi) is 7.95. The number of anilines is 4. The van der Waals surface area contributed by atoms with Crippen LogP contribution in [0.2, 0.25) is 0 Å². The summed E-state index contributed by atoms with van der Waals surface area (Å²) in [6.07, 6.45) is 1.64. The van der Waals surface area contributed by atoms with Crippen molar-refractivity contribution in [1.82, 2.24) is 19.4 Å². The predicted octanol–water partition coefficient (Wildman–Crippen LogP) is 6.72. The third kappa shape index (κ3) is 6.18. The van der Waals surface area contributed by atoms with Gasteiger partial charge in [-0.15, -0.1) is 0 Å². The minimum absolute atomic E-state index is 0.0988. The van der Waals surface area contributed by atoms with E-state index in [4.69, 9.17) is 9.40 Å². The van der Waals surface area contributed by atoms with Gasteiger partial charge in [0.25, 0.3) is 0 Å². The molecule has 0 fully saturated rings. The standard InChI is InChI=1S/C35H42N6O5/c1-20-17-36-31(37-23-12-11-21-18-39(19-22(21)15-23)28(42)33(2,3)4)38-27(20)40(29(43)34(5,6)7)24-13-14-26-25(16-24)41(32(45)46-26)30(44)35(8,9)10/h11-17H,18-19H2,1-10H3,(H,36,37,38). The van der Waals surface area contributed by atoms with Gasteiger partial charge in [0.05, 0.1) is 5.69 Å². The number of aryl methyl sites for hydroxylation is 1. The average molecular weight is 627 g/mol. The second kappa shape index (κ2) is 11.2. The van der Waals surface area contributed by atoms with Crippen LogP contribution in [0.25, 0.3) is 11.1 Å². The number of amides is 2. The Morgan fingerprint density at radius 2 is 1.50 bits per heavy atom. The quantitative estimate of drug-likeness (QED) is 0.264. The summed E-state index contributed by atoms with van der Waals surface area (Å²) in [4.78, 5) is 65.5. The van der Waals surface area contributed by atoms with Gasteiger partial charge in [-0.1, -0.05) is 68.4 Å². The van der Waals surface area contributed by atoms with Crippen LogP contribution in [0.3, 0.4) is 0 Å². The molecule has 1 N–H and O–H groups in total. The molecule has 0 aliphatic carbocycles. The first-order valence-corrected chi connectivity index (χ1v) is 15.3. The van der Waals surface area contributed by atoms with Crippen LogP contribution in [-0.2, 0) is 22.7 Å². The minimum atomic E-state index is -0.848. The summed E-state index contributed by atoms with van der Waals surface area (Å²) in [5, 5.41) is 3.26. The highest BCUT2D eigenvalue weighted by atomic mass is 16.4. The maximum Gasteiger partial charge on any atom is 0.426 e. The number of fused-ring (bicyclic) bond motifs is 2. The maximum absolute atomic E-state index is 14.0. The molecule has 242 valence electrons. The zero-order chi connectivity index (χ0) is 33.9. The number of rotatable bonds is 4. The Hall–Kier alpha value is -4.80. The number of nitrogens with one attached hydrogen (secondary N) is 1. The van der Waals surface area contributed by atoms with E-state index in [9.17, 15) is 19.2 Å². The first kappa shape index (κ1) is 32.6. The van der Waals surface area contributed by atoms with Crippen LogP contribution in [0.4, 0.5) is 23.1 Å². The molecule has 0 bridgehead atoms. The van der Waals surface area contributed by atoms with Crippen LogP contribution < -0.4 is 16.0 Å². The van der Waals surface area contributed by atoms with E-state index in [0.29, 0.717) is 30.2 Å². The van der Waals surface area contributed by atoms with Crippen molar-refractivity contribution in [3.8, 4) is 0 Å². The Balaban J connectivity index is 1.54. The lowest BCUT2D eigenvalue weighted by Crippen LogP contribution is -2.37. The molecule has 1 aliphatic heterocycles. The number of nitrogens with zero attached hydrogens (tertiary/aromatic N) is 5. The van der Waals surface area contributed by atoms with E-state index < -0.39 is 27.9 Å². The number of benzene rings is 2. The molecule has 5 rings (SSSR count). The second-order valence-corrected chi connectivity index (χ2v) is 15.0. The lowest BCUT2D eigenvalue weighted by Gasteiger charge is -2.30. The van der Waals surface area contributed by atoms with Crippen molar-refractivity contribution < 1.29 is 18.8 Å². The summed E-state index contributed by atoms with van der Waals surface area (Å²) in [7, 11) is 0. The van der Waals surface area contributed by atoms with Gasteiger partial charge in [0.2, 0.25) is 23.7 Å². The summed E-state index contributed by atoms with van der Waals surface area (Å²) >= 11 is 0. The SMILES string of the molecule is Cc1cnc(Nc2ccc3c(c2)CN(C(=O)C(C)(C)C)C3)nc1N(C(=O)C(C)(C)C)c1ccc2oc(=O)n(C(=O)C(C)(C)C)c2c1. The highest BCUT2D eigenvalue weighted by molar-refractivity contribution is 6.04. The first-order valence-electron chi connectivity index (χ1n) is 15.3. The van der Waals surface area contributed by atoms with Gasteiger partial charge in [0, 0.05) is 46.8 Å². The Morgan fingerprint density at radius 1 is 0.848 bits per heavy atom. The lowest BCUT2D eigenvalue weighted by molar-refractivity contribution is -0.140. The van der Waals surface area contributed by atoms with Crippen molar-refractivity contribution in [3.05, 3.63) is 69.8 Å². The molecule has 0 atom stereocenters. The average Bonchev–Trinajstić information content (AvgIpc) is 3.51. The molecule has 0 radical (unpaired) electrons. The Morgan fingerprint density at radius 3 is 2.13 bits per heavy atom. The van der Waals surface area contributed by atoms with Crippen LogP contribution in [0, 0.1) is 23.2 Å². The fourth-order valence-electron chi connectivity index (χ4n) is 5.28. The van der Waals surface area contributed by atoms with Crippen LogP contribution in [0.5, 0.6) is 0 Å². The molecule has 11 heteroatoms. The first-order chi connectivity index (χ1) is 21.3. The van der Waals surface area contributed by atoms with Gasteiger partial charge in [0.15, 0.2) is 5.58 Å². The third-order valence-electron chi connectivity index (χ3n) is 7.78. The van der Waals surface area contributed by atoms with Gasteiger partial charge in [-0.05, 0) is 48.4 Å². The van der Waals surface area contributed by atoms with E-state index in [1.54, 1.807) is 45.2 Å². The predicted molar refractivity (Wildman–Crippen MR) is 177 cm³/mol. The highest BCUT2D eigenvalue weighted by Gasteiger charge is 2.34. The maximum atomic E-state index is 14.0. The van der Waals surface area contributed by atoms with Crippen molar-refractivity contribution in [2.75, 3.05) is 10.2 Å². The normalized spacial score (nSPS) is 13.6. The summed E-state index contributed by atoms with van der Waals surface area (Å²) < 4.78 is 6.40. The van der Waals surface area contributed by atoms with Crippen LogP contribution in [-0.4, -0.2) is 37.2 Å². The number of aromatic nitrogens is 3. The summed E-state index contributed by atoms with van der Waals surface area (Å²) in [6, 6.07) is 10.8. The van der Waals surface area contributed by atoms with Gasteiger partial charge < -0.3 is 14.6 Å². The third-order valence-corrected chi connectivity index (χ3v) is 7.78. The molecule has 46 heavy (non-hydrogen) atoms. The molecule has 0 saturated heterocycles. The van der Waals surface area contributed by atoms with E-state index in [-0.39, 0.29) is 28.9 Å². The molecule has 0 unspecified atom stereocenters. The smallest absolute Gasteiger partial charge is 0.407 e. The van der Waals surface area contributed by atoms with Crippen molar-refractivity contribution >= 4 is 52.0 Å². The van der Waals surface area contributed by atoms with Crippen LogP contribution in [0.15, 0.2) is 51.8 Å². The van der Waals surface area contributed by atoms with Crippen molar-refractivity contribution in [2.24, 2.45) is 16.2 Å². The largest absolute Gasteiger partial charge is 0.426 e. The van der Waals surface area contributed by atoms with E-state index in [0.717, 1.165) is 21.4 Å². The molecule has 11 nitrogen and oxygen atoms in total. The van der Waals surface area contributed by atoms with E-state index in [1.807, 2.05) is 71.6 Å². The molecule has 4 aromatic rings. The van der Waals surface area contributed by atoms with Crippen molar-refractivity contribution in [1.29, 1.82) is 0 Å². The van der Waals surface area contributed by atoms with Crippen LogP contribution >= 0.6 is 0 Å². The van der Waals surface area contributed by atoms with E-state index in [2.05, 4.69) is 10.3 Å².